The zero-order valence-electron chi connectivity index (χ0n) is 24.1. The van der Waals surface area contributed by atoms with Crippen LogP contribution in [0, 0.1) is 11.6 Å². The minimum atomic E-state index is -1.26. The van der Waals surface area contributed by atoms with Crippen LogP contribution in [0.3, 0.4) is 0 Å². The number of benzene rings is 1. The van der Waals surface area contributed by atoms with Crippen LogP contribution in [0.25, 0.3) is 0 Å². The van der Waals surface area contributed by atoms with Crippen molar-refractivity contribution in [3.8, 4) is 0 Å². The van der Waals surface area contributed by atoms with E-state index in [9.17, 15) is 19.1 Å². The van der Waals surface area contributed by atoms with Crippen molar-refractivity contribution in [1.82, 2.24) is 14.9 Å². The molecule has 43 heavy (non-hydrogen) atoms. The number of carbonyl (C=O) groups is 2. The third kappa shape index (κ3) is 5.70. The lowest BCUT2D eigenvalue weighted by atomic mass is 9.87. The van der Waals surface area contributed by atoms with Crippen LogP contribution in [0.4, 0.5) is 13.6 Å². The topological polar surface area (TPSA) is 91.8 Å². The first kappa shape index (κ1) is 30.1. The van der Waals surface area contributed by atoms with Gasteiger partial charge in [-0.2, -0.15) is 5.01 Å². The molecular weight excluding hydrogens is 580 g/mol. The number of fused-ring (bicyclic) bond motifs is 3. The van der Waals surface area contributed by atoms with Gasteiger partial charge in [-0.1, -0.05) is 44.4 Å². The fourth-order valence-electron chi connectivity index (χ4n) is 6.57. The summed E-state index contributed by atoms with van der Waals surface area (Å²) in [5.74, 6) is -1.86. The quantitative estimate of drug-likeness (QED) is 0.338. The van der Waals surface area contributed by atoms with E-state index in [0.29, 0.717) is 25.0 Å². The van der Waals surface area contributed by atoms with Crippen LogP contribution in [0.2, 0.25) is 0 Å². The number of ether oxygens (including phenoxy) is 3. The molecule has 232 valence electrons. The molecule has 0 bridgehead atoms. The number of nitrogens with zero attached hydrogens (tertiary/aromatic N) is 3. The molecule has 12 heteroatoms. The largest absolute Gasteiger partial charge is 0.508 e. The van der Waals surface area contributed by atoms with Crippen molar-refractivity contribution in [3.05, 3.63) is 69.8 Å². The van der Waals surface area contributed by atoms with Crippen molar-refractivity contribution in [1.29, 1.82) is 0 Å². The van der Waals surface area contributed by atoms with Gasteiger partial charge in [-0.05, 0) is 42.5 Å². The maximum Gasteiger partial charge on any atom is 0.508 e. The number of allylic oxidation sites excluding steroid dienone is 2. The van der Waals surface area contributed by atoms with E-state index in [4.69, 9.17) is 14.2 Å². The summed E-state index contributed by atoms with van der Waals surface area (Å²) in [6.07, 6.45) is 8.31. The molecule has 0 aromatic heterocycles. The van der Waals surface area contributed by atoms with Gasteiger partial charge < -0.3 is 24.2 Å². The predicted molar refractivity (Wildman–Crippen MR) is 155 cm³/mol. The molecule has 2 saturated heterocycles. The van der Waals surface area contributed by atoms with Gasteiger partial charge in [0.05, 0.1) is 25.9 Å². The lowest BCUT2D eigenvalue weighted by Crippen LogP contribution is -2.75. The van der Waals surface area contributed by atoms with E-state index in [-0.39, 0.29) is 37.0 Å². The van der Waals surface area contributed by atoms with E-state index in [1.807, 2.05) is 11.1 Å². The number of morpholine rings is 1. The smallest absolute Gasteiger partial charge is 0.434 e. The Morgan fingerprint density at radius 3 is 2.93 bits per heavy atom. The number of aliphatic hydroxyl groups is 1. The molecule has 1 aromatic carbocycles. The van der Waals surface area contributed by atoms with Crippen LogP contribution in [0.5, 0.6) is 0 Å². The third-order valence-electron chi connectivity index (χ3n) is 8.69. The molecule has 0 saturated carbocycles. The maximum absolute atomic E-state index is 15.4. The van der Waals surface area contributed by atoms with E-state index >= 15 is 4.39 Å². The van der Waals surface area contributed by atoms with Crippen LogP contribution in [-0.2, 0) is 24.8 Å². The zero-order chi connectivity index (χ0) is 30.1. The van der Waals surface area contributed by atoms with Gasteiger partial charge in [0.25, 0.3) is 5.91 Å². The fraction of sp³-hybridized carbons (Fsp3) is 0.548. The highest BCUT2D eigenvalue weighted by atomic mass is 32.2. The highest BCUT2D eigenvalue weighted by Gasteiger charge is 2.56. The summed E-state index contributed by atoms with van der Waals surface area (Å²) in [5.41, 5.74) is 1.91. The fourth-order valence-corrected chi connectivity index (χ4v) is 7.76. The Labute approximate surface area is 254 Å². The van der Waals surface area contributed by atoms with Crippen molar-refractivity contribution in [3.63, 3.8) is 0 Å². The molecule has 5 aliphatic rings. The average Bonchev–Trinajstić information content (AvgIpc) is 3.18. The number of carbonyl (C=O) groups excluding carboxylic acids is 2. The number of unbranched alkanes of at least 4 members (excludes halogenated alkanes) is 3. The molecular formula is C31H37F2N3O6S. The molecule has 3 unspecified atom stereocenters. The Hall–Kier alpha value is -2.93. The number of hydrogen-bond acceptors (Lipinski definition) is 9. The molecule has 1 N–H and O–H groups in total. The highest BCUT2D eigenvalue weighted by molar-refractivity contribution is 8.02. The molecule has 1 aromatic rings. The summed E-state index contributed by atoms with van der Waals surface area (Å²) < 4.78 is 46.7. The number of thioether (sulfide) groups is 1. The lowest BCUT2D eigenvalue weighted by Gasteiger charge is -2.58. The Balaban J connectivity index is 1.40. The molecule has 0 radical (unpaired) electrons. The maximum atomic E-state index is 15.4. The molecule has 6 rings (SSSR count). The van der Waals surface area contributed by atoms with Crippen molar-refractivity contribution in [2.24, 2.45) is 0 Å². The zero-order valence-corrected chi connectivity index (χ0v) is 24.9. The monoisotopic (exact) mass is 617 g/mol. The lowest BCUT2D eigenvalue weighted by molar-refractivity contribution is -0.232. The summed E-state index contributed by atoms with van der Waals surface area (Å²) in [6.45, 7) is 3.07. The second-order valence-electron chi connectivity index (χ2n) is 11.3. The van der Waals surface area contributed by atoms with Gasteiger partial charge >= 0.3 is 6.16 Å². The second-order valence-corrected chi connectivity index (χ2v) is 12.3. The van der Waals surface area contributed by atoms with E-state index < -0.39 is 48.2 Å². The molecule has 0 spiro atoms. The predicted octanol–water partition coefficient (Wildman–Crippen LogP) is 4.93. The first-order chi connectivity index (χ1) is 20.9. The highest BCUT2D eigenvalue weighted by Crippen LogP contribution is 2.49. The molecule has 5 atom stereocenters. The molecule has 4 heterocycles. The summed E-state index contributed by atoms with van der Waals surface area (Å²) in [4.78, 5) is 29.5. The number of hydrogen-bond donors (Lipinski definition) is 1. The molecule has 4 aliphatic heterocycles. The van der Waals surface area contributed by atoms with Gasteiger partial charge in [-0.25, -0.2) is 13.6 Å². The van der Waals surface area contributed by atoms with Gasteiger partial charge in [-0.3, -0.25) is 9.80 Å². The number of aliphatic hydroxyl groups excluding tert-OH is 1. The SMILES string of the molecule is CCCCCCOC(=O)OC1C(O)C=CN2C1C(=O)N1CCOC[C@H]1N2[C@@H]1C2=C(C=CCC2)SCc2c1ccc(F)c2F. The van der Waals surface area contributed by atoms with Crippen molar-refractivity contribution in [2.45, 2.75) is 81.7 Å². The average molecular weight is 618 g/mol. The van der Waals surface area contributed by atoms with Crippen LogP contribution >= 0.6 is 11.8 Å². The van der Waals surface area contributed by atoms with E-state index in [1.54, 1.807) is 22.2 Å². The Bertz CT molecular complexity index is 1340. The molecule has 1 amide bonds. The van der Waals surface area contributed by atoms with Gasteiger partial charge in [-0.15, -0.1) is 11.8 Å². The van der Waals surface area contributed by atoms with Gasteiger partial charge in [0, 0.05) is 29.0 Å². The van der Waals surface area contributed by atoms with Crippen molar-refractivity contribution < 1.29 is 37.7 Å². The number of hydrazine groups is 1. The van der Waals surface area contributed by atoms with Crippen LogP contribution in [0.15, 0.2) is 47.0 Å². The van der Waals surface area contributed by atoms with E-state index in [0.717, 1.165) is 42.2 Å². The van der Waals surface area contributed by atoms with E-state index in [2.05, 4.69) is 13.0 Å². The number of amides is 1. The van der Waals surface area contributed by atoms with E-state index in [1.165, 1.54) is 17.8 Å². The standard InChI is InChI=1S/C31H37F2N3O6S/c1-2-3-4-7-15-41-31(39)42-29-23(37)12-13-35-28(29)30(38)34-14-16-40-17-25(34)36(35)27-19-10-11-22(32)26(33)21(19)18-43-24-9-6-5-8-20(24)27/h6,9-13,23,25,27-29,37H,2-5,7-8,14-18H2,1H3/t23?,25-,27+,28?,29?/m1/s1. The van der Waals surface area contributed by atoms with Crippen LogP contribution in [-0.4, -0.2) is 82.9 Å². The minimum absolute atomic E-state index is 0.181. The number of halogens is 2. The number of rotatable bonds is 7. The van der Waals surface area contributed by atoms with Gasteiger partial charge in [0.15, 0.2) is 23.8 Å². The normalized spacial score (nSPS) is 28.6. The molecule has 1 aliphatic carbocycles. The minimum Gasteiger partial charge on any atom is -0.434 e. The summed E-state index contributed by atoms with van der Waals surface area (Å²) >= 11 is 1.47. The van der Waals surface area contributed by atoms with Crippen LogP contribution in [0.1, 0.15) is 62.6 Å². The van der Waals surface area contributed by atoms with Crippen LogP contribution < -0.4 is 0 Å². The second kappa shape index (κ2) is 13.0. The van der Waals surface area contributed by atoms with Gasteiger partial charge in [0.2, 0.25) is 0 Å². The van der Waals surface area contributed by atoms with Gasteiger partial charge in [0.1, 0.15) is 12.3 Å². The Morgan fingerprint density at radius 1 is 1.23 bits per heavy atom. The first-order valence-electron chi connectivity index (χ1n) is 15.0. The summed E-state index contributed by atoms with van der Waals surface area (Å²) in [7, 11) is 0. The summed E-state index contributed by atoms with van der Waals surface area (Å²) in [5, 5.41) is 14.7. The van der Waals surface area contributed by atoms with Crippen molar-refractivity contribution >= 4 is 23.8 Å². The third-order valence-corrected chi connectivity index (χ3v) is 9.83. The molecule has 9 nitrogen and oxygen atoms in total. The Morgan fingerprint density at radius 2 is 2.09 bits per heavy atom. The summed E-state index contributed by atoms with van der Waals surface area (Å²) in [6, 6.07) is 1.10. The Kier molecular flexibility index (Phi) is 9.08. The molecule has 2 fully saturated rings. The first-order valence-corrected chi connectivity index (χ1v) is 16.0. The van der Waals surface area contributed by atoms with Crippen molar-refractivity contribution in [2.75, 3.05) is 26.4 Å².